The Morgan fingerprint density at radius 1 is 0.280 bits per heavy atom. The molecule has 0 aromatic heterocycles. The van der Waals surface area contributed by atoms with Crippen molar-refractivity contribution in [3.63, 3.8) is 0 Å². The first-order chi connectivity index (χ1) is 48.1. The van der Waals surface area contributed by atoms with Crippen molar-refractivity contribution in [1.29, 1.82) is 0 Å². The molecule has 0 radical (unpaired) electrons. The van der Waals surface area contributed by atoms with Gasteiger partial charge in [-0.2, -0.15) is 0 Å². The molecule has 100 heavy (non-hydrogen) atoms. The van der Waals surface area contributed by atoms with E-state index in [2.05, 4.69) is 55.4 Å². The Bertz CT molecular complexity index is 1960. The van der Waals surface area contributed by atoms with Gasteiger partial charge in [0.1, 0.15) is 19.3 Å². The van der Waals surface area contributed by atoms with E-state index in [1.165, 1.54) is 212 Å². The Kier molecular flexibility index (Phi) is 68.7. The minimum Gasteiger partial charge on any atom is -0.462 e. The molecule has 19 heteroatoms. The van der Waals surface area contributed by atoms with E-state index < -0.39 is 97.5 Å². The summed E-state index contributed by atoms with van der Waals surface area (Å²) in [4.78, 5) is 72.9. The summed E-state index contributed by atoms with van der Waals surface area (Å²) in [6, 6.07) is 0. The number of unbranched alkanes of at least 4 members (excludes halogenated alkanes) is 43. The summed E-state index contributed by atoms with van der Waals surface area (Å²) in [6.07, 6.45) is 57.2. The summed E-state index contributed by atoms with van der Waals surface area (Å²) < 4.78 is 68.6. The highest BCUT2D eigenvalue weighted by molar-refractivity contribution is 7.47. The summed E-state index contributed by atoms with van der Waals surface area (Å²) >= 11 is 0. The van der Waals surface area contributed by atoms with E-state index in [9.17, 15) is 43.2 Å². The predicted molar refractivity (Wildman–Crippen MR) is 409 cm³/mol. The molecule has 0 spiro atoms. The maximum atomic E-state index is 13.1. The molecule has 0 bridgehead atoms. The zero-order valence-electron chi connectivity index (χ0n) is 65.8. The second-order valence-electron chi connectivity index (χ2n) is 30.8. The molecule has 0 aliphatic carbocycles. The van der Waals surface area contributed by atoms with Gasteiger partial charge in [-0.1, -0.05) is 364 Å². The van der Waals surface area contributed by atoms with Crippen LogP contribution >= 0.6 is 15.6 Å². The van der Waals surface area contributed by atoms with Crippen LogP contribution in [0.25, 0.3) is 0 Å². The van der Waals surface area contributed by atoms with Gasteiger partial charge in [-0.3, -0.25) is 37.3 Å². The van der Waals surface area contributed by atoms with Gasteiger partial charge in [0.25, 0.3) is 0 Å². The quantitative estimate of drug-likeness (QED) is 0.0222. The third-order valence-electron chi connectivity index (χ3n) is 19.2. The summed E-state index contributed by atoms with van der Waals surface area (Å²) in [6.45, 7) is 14.2. The first-order valence-corrected chi connectivity index (χ1v) is 44.7. The van der Waals surface area contributed by atoms with Crippen molar-refractivity contribution in [2.45, 2.75) is 433 Å². The average Bonchev–Trinajstić information content (AvgIpc) is 0.911. The Hall–Kier alpha value is -1.94. The third-order valence-corrected chi connectivity index (χ3v) is 21.1. The van der Waals surface area contributed by atoms with Crippen LogP contribution in [0, 0.1) is 23.7 Å². The Morgan fingerprint density at radius 3 is 0.710 bits per heavy atom. The fourth-order valence-corrected chi connectivity index (χ4v) is 14.0. The molecule has 3 N–H and O–H groups in total. The molecule has 0 fully saturated rings. The van der Waals surface area contributed by atoms with Crippen molar-refractivity contribution in [1.82, 2.24) is 0 Å². The van der Waals surface area contributed by atoms with E-state index in [-0.39, 0.29) is 25.7 Å². The van der Waals surface area contributed by atoms with Gasteiger partial charge >= 0.3 is 39.5 Å². The van der Waals surface area contributed by atoms with Crippen molar-refractivity contribution < 1.29 is 80.2 Å². The number of carbonyl (C=O) groups is 4. The summed E-state index contributed by atoms with van der Waals surface area (Å²) in [5.41, 5.74) is 0. The van der Waals surface area contributed by atoms with Crippen molar-refractivity contribution in [3.05, 3.63) is 0 Å². The van der Waals surface area contributed by atoms with Gasteiger partial charge in [-0.25, -0.2) is 9.13 Å². The van der Waals surface area contributed by atoms with Gasteiger partial charge in [-0.15, -0.1) is 0 Å². The lowest BCUT2D eigenvalue weighted by Gasteiger charge is -2.21. The summed E-state index contributed by atoms with van der Waals surface area (Å²) in [7, 11) is -9.92. The van der Waals surface area contributed by atoms with Gasteiger partial charge in [-0.05, 0) is 49.4 Å². The van der Waals surface area contributed by atoms with Gasteiger partial charge < -0.3 is 33.8 Å². The SMILES string of the molecule is CCC(C)CCCCCCCCC(=O)OC[C@H](COP(=O)(O)OC[C@H](O)COP(=O)(O)OC[C@@H](COC(=O)CCCCCCCCCCCCCCCCCCCCC(C)C)OC(=O)CCCCCCCCCCCCCCCCCCC(C)C)OC(=O)CCCCCCCCCC(C)C. The number of hydrogen-bond acceptors (Lipinski definition) is 15. The topological polar surface area (TPSA) is 237 Å². The number of aliphatic hydroxyl groups excluding tert-OH is 1. The number of ether oxygens (including phenoxy) is 4. The van der Waals surface area contributed by atoms with Crippen LogP contribution in [0.2, 0.25) is 0 Å². The lowest BCUT2D eigenvalue weighted by atomic mass is 10.00. The van der Waals surface area contributed by atoms with Crippen LogP contribution in [-0.2, 0) is 65.4 Å². The van der Waals surface area contributed by atoms with E-state index in [4.69, 9.17) is 37.0 Å². The second kappa shape index (κ2) is 70.1. The molecule has 0 aliphatic rings. The fourth-order valence-electron chi connectivity index (χ4n) is 12.4. The van der Waals surface area contributed by atoms with Crippen molar-refractivity contribution in [2.24, 2.45) is 23.7 Å². The second-order valence-corrected chi connectivity index (χ2v) is 33.7. The van der Waals surface area contributed by atoms with Crippen molar-refractivity contribution in [2.75, 3.05) is 39.6 Å². The molecule has 3 unspecified atom stereocenters. The van der Waals surface area contributed by atoms with Crippen molar-refractivity contribution in [3.8, 4) is 0 Å². The number of esters is 4. The molecule has 0 saturated heterocycles. The molecule has 6 atom stereocenters. The minimum absolute atomic E-state index is 0.102. The lowest BCUT2D eigenvalue weighted by molar-refractivity contribution is -0.161. The largest absolute Gasteiger partial charge is 0.472 e. The Morgan fingerprint density at radius 2 is 0.480 bits per heavy atom. The highest BCUT2D eigenvalue weighted by Gasteiger charge is 2.30. The van der Waals surface area contributed by atoms with E-state index >= 15 is 0 Å². The first kappa shape index (κ1) is 98.1. The highest BCUT2D eigenvalue weighted by atomic mass is 31.2. The van der Waals surface area contributed by atoms with Crippen LogP contribution in [-0.4, -0.2) is 96.7 Å². The van der Waals surface area contributed by atoms with E-state index in [0.717, 1.165) is 114 Å². The zero-order valence-corrected chi connectivity index (χ0v) is 67.6. The number of phosphoric ester groups is 2. The van der Waals surface area contributed by atoms with Crippen LogP contribution in [0.5, 0.6) is 0 Å². The van der Waals surface area contributed by atoms with Gasteiger partial charge in [0.2, 0.25) is 0 Å². The number of carbonyl (C=O) groups excluding carboxylic acids is 4. The maximum absolute atomic E-state index is 13.1. The number of rotatable bonds is 78. The molecule has 0 aromatic carbocycles. The Balaban J connectivity index is 5.19. The molecule has 0 amide bonds. The van der Waals surface area contributed by atoms with Crippen LogP contribution < -0.4 is 0 Å². The van der Waals surface area contributed by atoms with Crippen LogP contribution in [0.3, 0.4) is 0 Å². The number of hydrogen-bond donors (Lipinski definition) is 3. The summed E-state index contributed by atoms with van der Waals surface area (Å²) in [5, 5.41) is 10.6. The van der Waals surface area contributed by atoms with E-state index in [1.54, 1.807) is 0 Å². The van der Waals surface area contributed by atoms with Crippen LogP contribution in [0.4, 0.5) is 0 Å². The zero-order chi connectivity index (χ0) is 73.8. The molecular weight excluding hydrogens is 1310 g/mol. The van der Waals surface area contributed by atoms with E-state index in [0.29, 0.717) is 31.6 Å². The van der Waals surface area contributed by atoms with Crippen molar-refractivity contribution >= 4 is 39.5 Å². The third kappa shape index (κ3) is 73.0. The van der Waals surface area contributed by atoms with Crippen LogP contribution in [0.15, 0.2) is 0 Å². The predicted octanol–water partition coefficient (Wildman–Crippen LogP) is 24.0. The van der Waals surface area contributed by atoms with Gasteiger partial charge in [0.15, 0.2) is 12.2 Å². The molecule has 0 aromatic rings. The molecule has 0 rings (SSSR count). The monoisotopic (exact) mass is 1470 g/mol. The molecular formula is C81H158O17P2. The smallest absolute Gasteiger partial charge is 0.462 e. The average molecular weight is 1470 g/mol. The maximum Gasteiger partial charge on any atom is 0.472 e. The standard InChI is InChI=1S/C81H158O17P2/c1-9-74(8)60-52-44-39-40-46-54-62-79(84)92-68-77(98-81(86)64-56-48-38-32-35-43-51-59-73(6)7)70-96-100(89,90)94-66-75(82)65-93-99(87,88)95-69-76(97-80(85)63-55-47-37-31-27-23-19-15-14-17-21-25-29-34-42-50-58-72(4)5)67-91-78(83)61-53-45-36-30-26-22-18-13-11-10-12-16-20-24-28-33-41-49-57-71(2)3/h71-77,82H,9-70H2,1-8H3,(H,87,88)(H,89,90)/t74?,75-,76-,77-/m1/s1. The van der Waals surface area contributed by atoms with Crippen LogP contribution in [0.1, 0.15) is 415 Å². The lowest BCUT2D eigenvalue weighted by Crippen LogP contribution is -2.30. The number of phosphoric acid groups is 2. The number of aliphatic hydroxyl groups is 1. The molecule has 0 heterocycles. The van der Waals surface area contributed by atoms with Gasteiger partial charge in [0.05, 0.1) is 26.4 Å². The van der Waals surface area contributed by atoms with Gasteiger partial charge in [0, 0.05) is 25.7 Å². The first-order valence-electron chi connectivity index (χ1n) is 41.7. The molecule has 0 aliphatic heterocycles. The molecule has 594 valence electrons. The Labute approximate surface area is 613 Å². The summed E-state index contributed by atoms with van der Waals surface area (Å²) in [5.74, 6) is 0.940. The fraction of sp³-hybridized carbons (Fsp3) is 0.951. The minimum atomic E-state index is -4.96. The molecule has 0 saturated carbocycles. The van der Waals surface area contributed by atoms with E-state index in [1.807, 2.05) is 0 Å². The normalized spacial score (nSPS) is 14.3. The molecule has 17 nitrogen and oxygen atoms in total. The highest BCUT2D eigenvalue weighted by Crippen LogP contribution is 2.45.